The molecule has 0 bridgehead atoms. The van der Waals surface area contributed by atoms with Crippen LogP contribution < -0.4 is 10.1 Å². The number of carbonyl (C=O) groups excluding carboxylic acids is 1. The maximum absolute atomic E-state index is 12.5. The fraction of sp³-hybridized carbons (Fsp3) is 0.308. The summed E-state index contributed by atoms with van der Waals surface area (Å²) in [6.45, 7) is 3.92. The lowest BCUT2D eigenvalue weighted by molar-refractivity contribution is -0.126. The molecule has 0 atom stereocenters. The van der Waals surface area contributed by atoms with Gasteiger partial charge in [-0.1, -0.05) is 48.5 Å². The van der Waals surface area contributed by atoms with E-state index >= 15 is 0 Å². The third-order valence-electron chi connectivity index (χ3n) is 5.73. The smallest absolute Gasteiger partial charge is 0.223 e. The molecule has 2 aromatic carbocycles. The zero-order valence-corrected chi connectivity index (χ0v) is 17.7. The van der Waals surface area contributed by atoms with Crippen LogP contribution in [0.25, 0.3) is 0 Å². The number of hydrogen-bond donors (Lipinski definition) is 1. The van der Waals surface area contributed by atoms with Crippen LogP contribution in [0.4, 0.5) is 0 Å². The Balaban J connectivity index is 1.18. The van der Waals surface area contributed by atoms with Crippen LogP contribution in [0.15, 0.2) is 79.1 Å². The van der Waals surface area contributed by atoms with Crippen LogP contribution in [0.1, 0.15) is 29.5 Å². The molecule has 160 valence electrons. The van der Waals surface area contributed by atoms with Crippen molar-refractivity contribution in [2.24, 2.45) is 5.92 Å². The lowest BCUT2D eigenvalue weighted by Crippen LogP contribution is -2.40. The minimum absolute atomic E-state index is 0.0988. The summed E-state index contributed by atoms with van der Waals surface area (Å²) in [4.78, 5) is 19.0. The number of amides is 1. The van der Waals surface area contributed by atoms with E-state index < -0.39 is 0 Å². The Labute approximate surface area is 184 Å². The third-order valence-corrected chi connectivity index (χ3v) is 5.73. The summed E-state index contributed by atoms with van der Waals surface area (Å²) in [6.07, 6.45) is 5.33. The van der Waals surface area contributed by atoms with E-state index in [1.54, 1.807) is 12.4 Å². The summed E-state index contributed by atoms with van der Waals surface area (Å²) in [5.74, 6) is 1.14. The maximum atomic E-state index is 12.5. The van der Waals surface area contributed by atoms with E-state index in [2.05, 4.69) is 39.5 Å². The van der Waals surface area contributed by atoms with Crippen molar-refractivity contribution in [3.63, 3.8) is 0 Å². The number of carbonyl (C=O) groups is 1. The second-order valence-electron chi connectivity index (χ2n) is 8.05. The van der Waals surface area contributed by atoms with Gasteiger partial charge in [-0.25, -0.2) is 0 Å². The highest BCUT2D eigenvalue weighted by molar-refractivity contribution is 5.78. The molecule has 1 aliphatic rings. The Morgan fingerprint density at radius 3 is 2.39 bits per heavy atom. The summed E-state index contributed by atoms with van der Waals surface area (Å²) in [5.41, 5.74) is 3.47. The van der Waals surface area contributed by atoms with Gasteiger partial charge in [-0.05, 0) is 60.8 Å². The van der Waals surface area contributed by atoms with Crippen molar-refractivity contribution in [3.05, 3.63) is 95.8 Å². The van der Waals surface area contributed by atoms with Crippen molar-refractivity contribution in [2.75, 3.05) is 13.1 Å². The molecule has 31 heavy (non-hydrogen) atoms. The van der Waals surface area contributed by atoms with E-state index in [4.69, 9.17) is 4.74 Å². The molecule has 1 N–H and O–H groups in total. The van der Waals surface area contributed by atoms with Crippen LogP contribution in [-0.2, 0) is 24.5 Å². The van der Waals surface area contributed by atoms with Crippen LogP contribution >= 0.6 is 0 Å². The van der Waals surface area contributed by atoms with Crippen molar-refractivity contribution in [3.8, 4) is 5.75 Å². The highest BCUT2D eigenvalue weighted by atomic mass is 16.5. The molecular formula is C26H29N3O2. The summed E-state index contributed by atoms with van der Waals surface area (Å²) in [6, 6.07) is 22.4. The average molecular weight is 416 g/mol. The minimum atomic E-state index is 0.0988. The van der Waals surface area contributed by atoms with Crippen molar-refractivity contribution < 1.29 is 9.53 Å². The number of hydrogen-bond acceptors (Lipinski definition) is 4. The van der Waals surface area contributed by atoms with Crippen LogP contribution in [0.5, 0.6) is 5.75 Å². The number of likely N-dealkylation sites (tertiary alicyclic amines) is 1. The molecule has 4 rings (SSSR count). The highest BCUT2D eigenvalue weighted by Gasteiger charge is 2.24. The molecule has 0 spiro atoms. The Kier molecular flexibility index (Phi) is 7.29. The number of piperidine rings is 1. The Morgan fingerprint density at radius 1 is 0.935 bits per heavy atom. The minimum Gasteiger partial charge on any atom is -0.489 e. The van der Waals surface area contributed by atoms with Gasteiger partial charge in [-0.2, -0.15) is 0 Å². The molecule has 0 radical (unpaired) electrons. The van der Waals surface area contributed by atoms with Gasteiger partial charge in [0.2, 0.25) is 5.91 Å². The fourth-order valence-corrected chi connectivity index (χ4v) is 3.88. The number of aromatic nitrogens is 1. The third kappa shape index (κ3) is 6.40. The zero-order chi connectivity index (χ0) is 21.3. The first-order chi connectivity index (χ1) is 15.3. The second kappa shape index (κ2) is 10.7. The van der Waals surface area contributed by atoms with Gasteiger partial charge in [0.25, 0.3) is 0 Å². The predicted molar refractivity (Wildman–Crippen MR) is 121 cm³/mol. The quantitative estimate of drug-likeness (QED) is 0.599. The van der Waals surface area contributed by atoms with E-state index in [9.17, 15) is 4.79 Å². The second-order valence-corrected chi connectivity index (χ2v) is 8.05. The van der Waals surface area contributed by atoms with Crippen molar-refractivity contribution in [1.82, 2.24) is 15.2 Å². The summed E-state index contributed by atoms with van der Waals surface area (Å²) in [5, 5.41) is 3.05. The van der Waals surface area contributed by atoms with Gasteiger partial charge in [0, 0.05) is 31.4 Å². The number of pyridine rings is 1. The molecule has 1 aromatic heterocycles. The SMILES string of the molecule is O=C(NCc1cccnc1)C1CCN(Cc2ccc(OCc3ccccc3)cc2)CC1. The van der Waals surface area contributed by atoms with Gasteiger partial charge in [-0.15, -0.1) is 0 Å². The van der Waals surface area contributed by atoms with Gasteiger partial charge in [0.1, 0.15) is 12.4 Å². The first-order valence-electron chi connectivity index (χ1n) is 10.9. The van der Waals surface area contributed by atoms with Gasteiger partial charge in [0.15, 0.2) is 0 Å². The standard InChI is InChI=1S/C26H29N3O2/c30-26(28-18-23-7-4-14-27-17-23)24-12-15-29(16-13-24)19-21-8-10-25(11-9-21)31-20-22-5-2-1-3-6-22/h1-11,14,17,24H,12-13,15-16,18-20H2,(H,28,30). The summed E-state index contributed by atoms with van der Waals surface area (Å²) >= 11 is 0. The molecule has 2 heterocycles. The lowest BCUT2D eigenvalue weighted by atomic mass is 9.95. The van der Waals surface area contributed by atoms with Gasteiger partial charge < -0.3 is 10.1 Å². The number of nitrogens with one attached hydrogen (secondary N) is 1. The maximum Gasteiger partial charge on any atom is 0.223 e. The molecule has 5 nitrogen and oxygen atoms in total. The number of nitrogens with zero attached hydrogens (tertiary/aromatic N) is 2. The molecule has 1 aliphatic heterocycles. The Morgan fingerprint density at radius 2 is 1.68 bits per heavy atom. The first-order valence-corrected chi connectivity index (χ1v) is 10.9. The van der Waals surface area contributed by atoms with Gasteiger partial charge in [-0.3, -0.25) is 14.7 Å². The summed E-state index contributed by atoms with van der Waals surface area (Å²) < 4.78 is 5.87. The predicted octanol–water partition coefficient (Wildman–Crippen LogP) is 4.19. The van der Waals surface area contributed by atoms with E-state index in [1.807, 2.05) is 42.5 Å². The van der Waals surface area contributed by atoms with Crippen molar-refractivity contribution in [2.45, 2.75) is 32.5 Å². The molecule has 1 fully saturated rings. The molecule has 0 saturated carbocycles. The average Bonchev–Trinajstić information content (AvgIpc) is 2.84. The van der Waals surface area contributed by atoms with Crippen molar-refractivity contribution in [1.29, 1.82) is 0 Å². The zero-order valence-electron chi connectivity index (χ0n) is 17.7. The van der Waals surface area contributed by atoms with Crippen LogP contribution in [0.2, 0.25) is 0 Å². The van der Waals surface area contributed by atoms with E-state index in [0.29, 0.717) is 13.2 Å². The molecular weight excluding hydrogens is 386 g/mol. The number of rotatable bonds is 8. The van der Waals surface area contributed by atoms with Crippen LogP contribution in [0.3, 0.4) is 0 Å². The van der Waals surface area contributed by atoms with Crippen LogP contribution in [-0.4, -0.2) is 28.9 Å². The number of benzene rings is 2. The normalized spacial score (nSPS) is 14.8. The molecule has 0 unspecified atom stereocenters. The van der Waals surface area contributed by atoms with Gasteiger partial charge >= 0.3 is 0 Å². The number of ether oxygens (including phenoxy) is 1. The molecule has 5 heteroatoms. The molecule has 3 aromatic rings. The Bertz CT molecular complexity index is 937. The topological polar surface area (TPSA) is 54.5 Å². The highest BCUT2D eigenvalue weighted by Crippen LogP contribution is 2.21. The monoisotopic (exact) mass is 415 g/mol. The van der Waals surface area contributed by atoms with Gasteiger partial charge in [0.05, 0.1) is 0 Å². The first kappa shape index (κ1) is 21.1. The fourth-order valence-electron chi connectivity index (χ4n) is 3.88. The van der Waals surface area contributed by atoms with E-state index in [1.165, 1.54) is 11.1 Å². The molecule has 1 saturated heterocycles. The van der Waals surface area contributed by atoms with Crippen molar-refractivity contribution >= 4 is 5.91 Å². The Hall–Kier alpha value is -3.18. The lowest BCUT2D eigenvalue weighted by Gasteiger charge is -2.31. The largest absolute Gasteiger partial charge is 0.489 e. The van der Waals surface area contributed by atoms with E-state index in [0.717, 1.165) is 43.8 Å². The summed E-state index contributed by atoms with van der Waals surface area (Å²) in [7, 11) is 0. The molecule has 0 aliphatic carbocycles. The van der Waals surface area contributed by atoms with Crippen LogP contribution in [0, 0.1) is 5.92 Å². The molecule has 1 amide bonds. The van der Waals surface area contributed by atoms with E-state index in [-0.39, 0.29) is 11.8 Å².